The molecule has 0 atom stereocenters. The number of para-hydroxylation sites is 1. The first-order valence-corrected chi connectivity index (χ1v) is 11.1. The minimum atomic E-state index is -3.75. The number of halogens is 1. The van der Waals surface area contributed by atoms with E-state index in [1.807, 2.05) is 12.1 Å². The third kappa shape index (κ3) is 3.65. The van der Waals surface area contributed by atoms with E-state index in [9.17, 15) is 13.2 Å². The van der Waals surface area contributed by atoms with Crippen molar-refractivity contribution in [1.82, 2.24) is 9.29 Å². The van der Waals surface area contributed by atoms with Crippen LogP contribution in [0, 0.1) is 0 Å². The molecule has 3 aromatic rings. The number of nitrogens with one attached hydrogen (secondary N) is 3. The Morgan fingerprint density at radius 2 is 1.75 bits per heavy atom. The van der Waals surface area contributed by atoms with Crippen molar-refractivity contribution in [3.05, 3.63) is 53.0 Å². The summed E-state index contributed by atoms with van der Waals surface area (Å²) in [6.07, 6.45) is 1.67. The summed E-state index contributed by atoms with van der Waals surface area (Å²) in [7, 11) is -3.75. The van der Waals surface area contributed by atoms with Gasteiger partial charge in [0.1, 0.15) is 10.7 Å². The van der Waals surface area contributed by atoms with Crippen LogP contribution in [0.5, 0.6) is 0 Å². The third-order valence-corrected chi connectivity index (χ3v) is 7.12. The van der Waals surface area contributed by atoms with Gasteiger partial charge in [0.05, 0.1) is 0 Å². The number of hydrogen-bond donors (Lipinski definition) is 3. The highest BCUT2D eigenvalue weighted by molar-refractivity contribution is 9.10. The largest absolute Gasteiger partial charge is 0.340 e. The van der Waals surface area contributed by atoms with Crippen molar-refractivity contribution >= 4 is 54.4 Å². The molecule has 2 aromatic carbocycles. The van der Waals surface area contributed by atoms with Gasteiger partial charge < -0.3 is 10.3 Å². The second kappa shape index (κ2) is 7.57. The molecule has 146 valence electrons. The number of amides is 2. The molecule has 0 aliphatic carbocycles. The molecule has 2 heterocycles. The summed E-state index contributed by atoms with van der Waals surface area (Å²) < 4.78 is 28.8. The first-order valence-electron chi connectivity index (χ1n) is 8.89. The zero-order valence-corrected chi connectivity index (χ0v) is 17.3. The van der Waals surface area contributed by atoms with Crippen LogP contribution in [0.2, 0.25) is 0 Å². The Labute approximate surface area is 171 Å². The number of rotatable bonds is 4. The monoisotopic (exact) mass is 462 g/mol. The maximum atomic E-state index is 13.3. The Kier molecular flexibility index (Phi) is 5.13. The topological polar surface area (TPSA) is 94.3 Å². The van der Waals surface area contributed by atoms with Crippen LogP contribution in [0.3, 0.4) is 0 Å². The highest BCUT2D eigenvalue weighted by Crippen LogP contribution is 2.35. The fourth-order valence-electron chi connectivity index (χ4n) is 3.35. The van der Waals surface area contributed by atoms with E-state index < -0.39 is 16.1 Å². The number of aromatic nitrogens is 1. The van der Waals surface area contributed by atoms with Gasteiger partial charge in [0.15, 0.2) is 0 Å². The predicted molar refractivity (Wildman–Crippen MR) is 113 cm³/mol. The fourth-order valence-corrected chi connectivity index (χ4v) is 5.52. The molecule has 1 saturated heterocycles. The lowest BCUT2D eigenvalue weighted by Gasteiger charge is -2.16. The molecule has 28 heavy (non-hydrogen) atoms. The zero-order chi connectivity index (χ0) is 19.7. The highest BCUT2D eigenvalue weighted by Gasteiger charge is 2.33. The molecular formula is C19H19BrN4O3S. The second-order valence-electron chi connectivity index (χ2n) is 6.58. The van der Waals surface area contributed by atoms with Crippen molar-refractivity contribution in [3.8, 4) is 0 Å². The van der Waals surface area contributed by atoms with E-state index in [2.05, 4.69) is 31.5 Å². The van der Waals surface area contributed by atoms with Crippen LogP contribution in [-0.4, -0.2) is 36.8 Å². The Hall–Kier alpha value is -2.36. The standard InChI is InChI=1S/C19H19BrN4O3S/c20-13-8-9-16-15(12-13)17(28(26,27)24-10-4-5-11-24)18(22-16)23-19(25)21-14-6-2-1-3-7-14/h1-3,6-9,12,22H,4-5,10-11H2,(H2,21,23,25). The first kappa shape index (κ1) is 19.0. The average molecular weight is 463 g/mol. The van der Waals surface area contributed by atoms with Crippen LogP contribution in [0.4, 0.5) is 16.3 Å². The summed E-state index contributed by atoms with van der Waals surface area (Å²) in [6, 6.07) is 13.8. The number of H-pyrrole nitrogens is 1. The van der Waals surface area contributed by atoms with Gasteiger partial charge in [-0.15, -0.1) is 0 Å². The molecule has 0 spiro atoms. The van der Waals surface area contributed by atoms with Crippen LogP contribution in [0.1, 0.15) is 12.8 Å². The number of hydrogen-bond acceptors (Lipinski definition) is 3. The molecule has 0 radical (unpaired) electrons. The van der Waals surface area contributed by atoms with E-state index in [-0.39, 0.29) is 10.7 Å². The molecule has 0 unspecified atom stereocenters. The smallest absolute Gasteiger partial charge is 0.324 e. The van der Waals surface area contributed by atoms with Gasteiger partial charge in [0.2, 0.25) is 10.0 Å². The first-order chi connectivity index (χ1) is 13.4. The second-order valence-corrected chi connectivity index (χ2v) is 9.37. The van der Waals surface area contributed by atoms with Crippen LogP contribution < -0.4 is 10.6 Å². The predicted octanol–water partition coefficient (Wildman–Crippen LogP) is 4.36. The van der Waals surface area contributed by atoms with Crippen LogP contribution in [-0.2, 0) is 10.0 Å². The number of benzene rings is 2. The molecule has 1 aliphatic heterocycles. The van der Waals surface area contributed by atoms with E-state index >= 15 is 0 Å². The van der Waals surface area contributed by atoms with Crippen molar-refractivity contribution in [1.29, 1.82) is 0 Å². The Morgan fingerprint density at radius 1 is 1.04 bits per heavy atom. The Bertz CT molecular complexity index is 1120. The van der Waals surface area contributed by atoms with Gasteiger partial charge >= 0.3 is 6.03 Å². The van der Waals surface area contributed by atoms with Crippen molar-refractivity contribution in [2.24, 2.45) is 0 Å². The number of fused-ring (bicyclic) bond motifs is 1. The maximum absolute atomic E-state index is 13.3. The van der Waals surface area contributed by atoms with Crippen molar-refractivity contribution < 1.29 is 13.2 Å². The van der Waals surface area contributed by atoms with Crippen molar-refractivity contribution in [3.63, 3.8) is 0 Å². The van der Waals surface area contributed by atoms with Crippen molar-refractivity contribution in [2.75, 3.05) is 23.7 Å². The summed E-state index contributed by atoms with van der Waals surface area (Å²) in [5.41, 5.74) is 1.25. The molecule has 0 bridgehead atoms. The quantitative estimate of drug-likeness (QED) is 0.537. The number of sulfonamides is 1. The molecule has 1 aliphatic rings. The summed E-state index contributed by atoms with van der Waals surface area (Å²) in [5, 5.41) is 5.92. The Morgan fingerprint density at radius 3 is 2.46 bits per heavy atom. The number of carbonyl (C=O) groups is 1. The number of aromatic amines is 1. The lowest BCUT2D eigenvalue weighted by molar-refractivity contribution is 0.262. The molecule has 1 fully saturated rings. The molecule has 3 N–H and O–H groups in total. The summed E-state index contributed by atoms with van der Waals surface area (Å²) in [6.45, 7) is 0.970. The lowest BCUT2D eigenvalue weighted by Crippen LogP contribution is -2.29. The molecular weight excluding hydrogens is 444 g/mol. The van der Waals surface area contributed by atoms with E-state index in [1.54, 1.807) is 36.4 Å². The Balaban J connectivity index is 1.74. The van der Waals surface area contributed by atoms with Gasteiger partial charge in [0.25, 0.3) is 0 Å². The molecule has 2 amide bonds. The van der Waals surface area contributed by atoms with Gasteiger partial charge in [-0.25, -0.2) is 13.2 Å². The van der Waals surface area contributed by atoms with Gasteiger partial charge in [-0.05, 0) is 43.2 Å². The maximum Gasteiger partial charge on any atom is 0.324 e. The van der Waals surface area contributed by atoms with Crippen LogP contribution >= 0.6 is 15.9 Å². The summed E-state index contributed by atoms with van der Waals surface area (Å²) >= 11 is 3.40. The van der Waals surface area contributed by atoms with Crippen LogP contribution in [0.25, 0.3) is 10.9 Å². The van der Waals surface area contributed by atoms with Crippen LogP contribution in [0.15, 0.2) is 57.9 Å². The molecule has 9 heteroatoms. The van der Waals surface area contributed by atoms with E-state index in [1.165, 1.54) is 4.31 Å². The third-order valence-electron chi connectivity index (χ3n) is 4.65. The van der Waals surface area contributed by atoms with Gasteiger partial charge in [-0.2, -0.15) is 4.31 Å². The highest BCUT2D eigenvalue weighted by atomic mass is 79.9. The minimum absolute atomic E-state index is 0.0916. The number of urea groups is 1. The number of anilines is 2. The van der Waals surface area contributed by atoms with Gasteiger partial charge in [-0.3, -0.25) is 5.32 Å². The summed E-state index contributed by atoms with van der Waals surface area (Å²) in [4.78, 5) is 15.6. The SMILES string of the molecule is O=C(Nc1ccccc1)Nc1[nH]c2ccc(Br)cc2c1S(=O)(=O)N1CCCC1. The molecule has 7 nitrogen and oxygen atoms in total. The van der Waals surface area contributed by atoms with Gasteiger partial charge in [-0.1, -0.05) is 34.1 Å². The van der Waals surface area contributed by atoms with E-state index in [0.717, 1.165) is 17.3 Å². The zero-order valence-electron chi connectivity index (χ0n) is 14.9. The summed E-state index contributed by atoms with van der Waals surface area (Å²) in [5.74, 6) is 0.161. The molecule has 4 rings (SSSR count). The average Bonchev–Trinajstić information content (AvgIpc) is 3.30. The number of nitrogens with zero attached hydrogens (tertiary/aromatic N) is 1. The number of carbonyl (C=O) groups excluding carboxylic acids is 1. The normalized spacial score (nSPS) is 15.0. The van der Waals surface area contributed by atoms with Gasteiger partial charge in [0, 0.05) is 34.2 Å². The minimum Gasteiger partial charge on any atom is -0.340 e. The lowest BCUT2D eigenvalue weighted by atomic mass is 10.2. The van der Waals surface area contributed by atoms with E-state index in [4.69, 9.17) is 0 Å². The van der Waals surface area contributed by atoms with Crippen molar-refractivity contribution in [2.45, 2.75) is 17.7 Å². The molecule has 0 saturated carbocycles. The van der Waals surface area contributed by atoms with E-state index in [0.29, 0.717) is 29.7 Å². The fraction of sp³-hybridized carbons (Fsp3) is 0.211. The molecule has 1 aromatic heterocycles.